The van der Waals surface area contributed by atoms with Gasteiger partial charge in [0.1, 0.15) is 6.04 Å². The number of aliphatic hydroxyl groups is 1. The second-order valence-electron chi connectivity index (χ2n) is 6.91. The van der Waals surface area contributed by atoms with Gasteiger partial charge < -0.3 is 15.2 Å². The first-order valence-electron chi connectivity index (χ1n) is 9.08. The van der Waals surface area contributed by atoms with Crippen molar-refractivity contribution in [3.8, 4) is 0 Å². The first-order valence-corrected chi connectivity index (χ1v) is 9.96. The Hall–Kier alpha value is -2.19. The van der Waals surface area contributed by atoms with Crippen LogP contribution in [-0.4, -0.2) is 57.1 Å². The van der Waals surface area contributed by atoms with Crippen LogP contribution in [0.4, 0.5) is 0 Å². The second kappa shape index (κ2) is 7.82. The molecule has 0 spiro atoms. The number of nitrogens with one attached hydrogen (secondary N) is 1. The second-order valence-corrected chi connectivity index (χ2v) is 7.95. The van der Waals surface area contributed by atoms with E-state index in [0.29, 0.717) is 13.1 Å². The van der Waals surface area contributed by atoms with Gasteiger partial charge in [-0.05, 0) is 29.1 Å². The summed E-state index contributed by atoms with van der Waals surface area (Å²) in [6.45, 7) is 4.01. The van der Waals surface area contributed by atoms with Crippen molar-refractivity contribution in [3.63, 3.8) is 0 Å². The van der Waals surface area contributed by atoms with Gasteiger partial charge in [0.25, 0.3) is 0 Å². The molecule has 3 heterocycles. The number of rotatable bonds is 6. The fourth-order valence-corrected chi connectivity index (χ4v) is 4.55. The van der Waals surface area contributed by atoms with E-state index >= 15 is 0 Å². The molecule has 2 aromatic heterocycles. The molecule has 0 bridgehead atoms. The Morgan fingerprint density at radius 1 is 1.22 bits per heavy atom. The van der Waals surface area contributed by atoms with E-state index in [2.05, 4.69) is 27.4 Å². The van der Waals surface area contributed by atoms with Crippen molar-refractivity contribution in [1.29, 1.82) is 0 Å². The van der Waals surface area contributed by atoms with E-state index in [0.717, 1.165) is 41.7 Å². The van der Waals surface area contributed by atoms with Crippen molar-refractivity contribution in [2.45, 2.75) is 19.2 Å². The molecule has 1 unspecified atom stereocenters. The van der Waals surface area contributed by atoms with Crippen LogP contribution >= 0.6 is 11.3 Å². The number of aromatic amines is 1. The van der Waals surface area contributed by atoms with E-state index in [1.54, 1.807) is 17.5 Å². The van der Waals surface area contributed by atoms with Crippen molar-refractivity contribution in [3.05, 3.63) is 57.9 Å². The standard InChI is InChI=1S/C20H23N3O3S/c24-13-14-3-4-18-16(10-14)17(11-21-18)19(20(25)26)23-7-5-22(6-8-23)12-15-2-1-9-27-15/h1-4,9-11,19,21,24H,5-8,12-13H2,(H,25,26). The number of carboxylic acid groups (broad SMARTS) is 1. The monoisotopic (exact) mass is 385 g/mol. The highest BCUT2D eigenvalue weighted by atomic mass is 32.1. The third-order valence-electron chi connectivity index (χ3n) is 5.22. The lowest BCUT2D eigenvalue weighted by atomic mass is 10.0. The Labute approximate surface area is 161 Å². The molecule has 0 radical (unpaired) electrons. The number of thiophene rings is 1. The molecule has 0 saturated carbocycles. The molecule has 4 rings (SSSR count). The number of fused-ring (bicyclic) bond motifs is 1. The third-order valence-corrected chi connectivity index (χ3v) is 6.08. The maximum atomic E-state index is 12.1. The van der Waals surface area contributed by atoms with E-state index in [9.17, 15) is 15.0 Å². The highest BCUT2D eigenvalue weighted by molar-refractivity contribution is 7.09. The fourth-order valence-electron chi connectivity index (χ4n) is 3.80. The smallest absolute Gasteiger partial charge is 0.325 e. The number of nitrogens with zero attached hydrogens (tertiary/aromatic N) is 2. The normalized spacial score (nSPS) is 17.4. The summed E-state index contributed by atoms with van der Waals surface area (Å²) in [5.74, 6) is -0.836. The number of aliphatic carboxylic acids is 1. The average molecular weight is 385 g/mol. The summed E-state index contributed by atoms with van der Waals surface area (Å²) in [6, 6.07) is 9.14. The van der Waals surface area contributed by atoms with Crippen molar-refractivity contribution in [2.75, 3.05) is 26.2 Å². The lowest BCUT2D eigenvalue weighted by Crippen LogP contribution is -2.48. The zero-order valence-corrected chi connectivity index (χ0v) is 15.8. The van der Waals surface area contributed by atoms with Crippen LogP contribution in [0.2, 0.25) is 0 Å². The van der Waals surface area contributed by atoms with Gasteiger partial charge in [-0.25, -0.2) is 0 Å². The van der Waals surface area contributed by atoms with Crippen molar-refractivity contribution >= 4 is 28.2 Å². The molecular weight excluding hydrogens is 362 g/mol. The van der Waals surface area contributed by atoms with Crippen molar-refractivity contribution < 1.29 is 15.0 Å². The fraction of sp³-hybridized carbons (Fsp3) is 0.350. The zero-order chi connectivity index (χ0) is 18.8. The molecule has 1 aliphatic rings. The summed E-state index contributed by atoms with van der Waals surface area (Å²) >= 11 is 1.76. The van der Waals surface area contributed by atoms with Gasteiger partial charge in [-0.2, -0.15) is 0 Å². The van der Waals surface area contributed by atoms with Crippen LogP contribution in [0.15, 0.2) is 41.9 Å². The number of benzene rings is 1. The number of carbonyl (C=O) groups is 1. The Morgan fingerprint density at radius 3 is 2.70 bits per heavy atom. The van der Waals surface area contributed by atoms with Gasteiger partial charge in [0, 0.05) is 60.3 Å². The van der Waals surface area contributed by atoms with Crippen molar-refractivity contribution in [2.24, 2.45) is 0 Å². The maximum Gasteiger partial charge on any atom is 0.325 e. The lowest BCUT2D eigenvalue weighted by Gasteiger charge is -2.37. The molecule has 1 aromatic carbocycles. The van der Waals surface area contributed by atoms with E-state index in [4.69, 9.17) is 0 Å². The van der Waals surface area contributed by atoms with Gasteiger partial charge in [0.2, 0.25) is 0 Å². The largest absolute Gasteiger partial charge is 0.480 e. The van der Waals surface area contributed by atoms with Gasteiger partial charge in [0.05, 0.1) is 6.61 Å². The summed E-state index contributed by atoms with van der Waals surface area (Å²) in [7, 11) is 0. The average Bonchev–Trinajstić information content (AvgIpc) is 3.33. The first-order chi connectivity index (χ1) is 13.2. The van der Waals surface area contributed by atoms with E-state index < -0.39 is 12.0 Å². The minimum atomic E-state index is -0.836. The van der Waals surface area contributed by atoms with Crippen LogP contribution in [-0.2, 0) is 17.9 Å². The molecule has 3 aromatic rings. The Kier molecular flexibility index (Phi) is 5.27. The summed E-state index contributed by atoms with van der Waals surface area (Å²) < 4.78 is 0. The predicted molar refractivity (Wildman–Crippen MR) is 106 cm³/mol. The quantitative estimate of drug-likeness (QED) is 0.608. The molecule has 1 saturated heterocycles. The number of carboxylic acids is 1. The molecule has 3 N–H and O–H groups in total. The molecule has 1 aliphatic heterocycles. The molecule has 1 atom stereocenters. The summed E-state index contributed by atoms with van der Waals surface area (Å²) in [4.78, 5) is 21.0. The molecule has 6 nitrogen and oxygen atoms in total. The molecule has 0 aliphatic carbocycles. The SMILES string of the molecule is O=C(O)C(c1c[nH]c2ccc(CO)cc12)N1CCN(Cc2cccs2)CC1. The summed E-state index contributed by atoms with van der Waals surface area (Å²) in [5.41, 5.74) is 2.44. The van der Waals surface area contributed by atoms with Crippen LogP contribution in [0.1, 0.15) is 22.0 Å². The van der Waals surface area contributed by atoms with Gasteiger partial charge >= 0.3 is 5.97 Å². The van der Waals surface area contributed by atoms with Crippen LogP contribution in [0.5, 0.6) is 0 Å². The molecular formula is C20H23N3O3S. The predicted octanol–water partition coefficient (Wildman–Crippen LogP) is 2.67. The van der Waals surface area contributed by atoms with Crippen molar-refractivity contribution in [1.82, 2.24) is 14.8 Å². The topological polar surface area (TPSA) is 79.8 Å². The minimum absolute atomic E-state index is 0.0559. The Morgan fingerprint density at radius 2 is 2.04 bits per heavy atom. The molecule has 142 valence electrons. The highest BCUT2D eigenvalue weighted by Crippen LogP contribution is 2.30. The molecule has 7 heteroatoms. The van der Waals surface area contributed by atoms with Gasteiger partial charge in [-0.15, -0.1) is 11.3 Å². The van der Waals surface area contributed by atoms with Crippen LogP contribution in [0.25, 0.3) is 10.9 Å². The van der Waals surface area contributed by atoms with Gasteiger partial charge in [-0.3, -0.25) is 14.6 Å². The van der Waals surface area contributed by atoms with Crippen LogP contribution in [0.3, 0.4) is 0 Å². The molecule has 0 amide bonds. The maximum absolute atomic E-state index is 12.1. The summed E-state index contributed by atoms with van der Waals surface area (Å²) in [5, 5.41) is 22.3. The number of H-pyrrole nitrogens is 1. The number of aliphatic hydroxyl groups excluding tert-OH is 1. The van der Waals surface area contributed by atoms with E-state index in [1.165, 1.54) is 4.88 Å². The van der Waals surface area contributed by atoms with Crippen LogP contribution in [0, 0.1) is 0 Å². The number of aromatic nitrogens is 1. The first kappa shape index (κ1) is 18.2. The molecule has 1 fully saturated rings. The van der Waals surface area contributed by atoms with Crippen LogP contribution < -0.4 is 0 Å². The summed E-state index contributed by atoms with van der Waals surface area (Å²) in [6.07, 6.45) is 1.79. The van der Waals surface area contributed by atoms with Gasteiger partial charge in [0.15, 0.2) is 0 Å². The molecule has 27 heavy (non-hydrogen) atoms. The van der Waals surface area contributed by atoms with E-state index in [-0.39, 0.29) is 6.61 Å². The zero-order valence-electron chi connectivity index (χ0n) is 15.0. The van der Waals surface area contributed by atoms with Gasteiger partial charge in [-0.1, -0.05) is 12.1 Å². The number of hydrogen-bond acceptors (Lipinski definition) is 5. The Bertz CT molecular complexity index is 914. The number of hydrogen-bond donors (Lipinski definition) is 3. The minimum Gasteiger partial charge on any atom is -0.480 e. The number of piperazine rings is 1. The lowest BCUT2D eigenvalue weighted by molar-refractivity contribution is -0.144. The highest BCUT2D eigenvalue weighted by Gasteiger charge is 2.32. The van der Waals surface area contributed by atoms with E-state index in [1.807, 2.05) is 23.1 Å². The third kappa shape index (κ3) is 3.77. The Balaban J connectivity index is 1.53.